The second-order valence-corrected chi connectivity index (χ2v) is 4.83. The molecule has 0 spiro atoms. The second kappa shape index (κ2) is 6.50. The molecule has 1 aliphatic heterocycles. The fourth-order valence-corrected chi connectivity index (χ4v) is 2.27. The van der Waals surface area contributed by atoms with Crippen LogP contribution in [0, 0.1) is 0 Å². The van der Waals surface area contributed by atoms with Gasteiger partial charge in [0.25, 0.3) is 0 Å². The quantitative estimate of drug-likeness (QED) is 0.870. The summed E-state index contributed by atoms with van der Waals surface area (Å²) in [4.78, 5) is 18.2. The molecule has 1 saturated heterocycles. The van der Waals surface area contributed by atoms with E-state index in [9.17, 15) is 4.79 Å². The van der Waals surface area contributed by atoms with Crippen LogP contribution >= 0.6 is 0 Å². The molecule has 0 radical (unpaired) electrons. The summed E-state index contributed by atoms with van der Waals surface area (Å²) in [6.07, 6.45) is 5.90. The lowest BCUT2D eigenvalue weighted by molar-refractivity contribution is -0.132. The number of carbonyl (C=O) groups is 1. The summed E-state index contributed by atoms with van der Waals surface area (Å²) in [7, 11) is 1.88. The lowest BCUT2D eigenvalue weighted by atomic mass is 10.0. The van der Waals surface area contributed by atoms with Crippen LogP contribution in [0.25, 0.3) is 0 Å². The van der Waals surface area contributed by atoms with Crippen LogP contribution in [0.15, 0.2) is 24.4 Å². The van der Waals surface area contributed by atoms with Crippen LogP contribution in [0.5, 0.6) is 0 Å². The van der Waals surface area contributed by atoms with Crippen LogP contribution < -0.4 is 5.32 Å². The van der Waals surface area contributed by atoms with E-state index in [-0.39, 0.29) is 11.9 Å². The Labute approximate surface area is 108 Å². The molecule has 0 aromatic carbocycles. The number of rotatable bonds is 4. The average Bonchev–Trinajstić information content (AvgIpc) is 2.46. The van der Waals surface area contributed by atoms with Crippen molar-refractivity contribution >= 4 is 5.91 Å². The van der Waals surface area contributed by atoms with Gasteiger partial charge in [0.15, 0.2) is 0 Å². The highest BCUT2D eigenvalue weighted by Gasteiger charge is 2.23. The number of aromatic nitrogens is 1. The molecule has 0 bridgehead atoms. The van der Waals surface area contributed by atoms with Gasteiger partial charge in [-0.1, -0.05) is 12.5 Å². The molecule has 1 amide bonds. The third kappa shape index (κ3) is 3.53. The Morgan fingerprint density at radius 3 is 3.06 bits per heavy atom. The van der Waals surface area contributed by atoms with E-state index in [1.165, 1.54) is 6.42 Å². The van der Waals surface area contributed by atoms with Gasteiger partial charge in [0.1, 0.15) is 0 Å². The summed E-state index contributed by atoms with van der Waals surface area (Å²) in [6.45, 7) is 1.69. The molecule has 1 N–H and O–H groups in total. The third-order valence-electron chi connectivity index (χ3n) is 3.41. The Balaban J connectivity index is 1.80. The first kappa shape index (κ1) is 13.0. The number of piperidine rings is 1. The van der Waals surface area contributed by atoms with Crippen molar-refractivity contribution < 1.29 is 4.79 Å². The highest BCUT2D eigenvalue weighted by Crippen LogP contribution is 2.09. The zero-order valence-electron chi connectivity index (χ0n) is 10.9. The van der Waals surface area contributed by atoms with Gasteiger partial charge in [-0.15, -0.1) is 0 Å². The monoisotopic (exact) mass is 247 g/mol. The van der Waals surface area contributed by atoms with Gasteiger partial charge in [-0.3, -0.25) is 9.78 Å². The molecule has 1 aromatic heterocycles. The van der Waals surface area contributed by atoms with E-state index in [4.69, 9.17) is 0 Å². The predicted molar refractivity (Wildman–Crippen MR) is 71.2 cm³/mol. The van der Waals surface area contributed by atoms with E-state index in [2.05, 4.69) is 10.3 Å². The topological polar surface area (TPSA) is 45.2 Å². The molecule has 1 atom stereocenters. The minimum Gasteiger partial charge on any atom is -0.344 e. The Hall–Kier alpha value is -1.42. The van der Waals surface area contributed by atoms with Gasteiger partial charge in [0, 0.05) is 31.9 Å². The standard InChI is InChI=1S/C14H21N3O/c1-17(11-8-12-6-2-4-9-15-12)14(18)13-7-3-5-10-16-13/h2,4,6,9,13,16H,3,5,7-8,10-11H2,1H3/t13-/m1/s1. The largest absolute Gasteiger partial charge is 0.344 e. The molecule has 1 aliphatic rings. The molecule has 2 heterocycles. The first-order valence-electron chi connectivity index (χ1n) is 6.65. The predicted octanol–water partition coefficient (Wildman–Crippen LogP) is 1.22. The molecule has 0 saturated carbocycles. The molecule has 4 nitrogen and oxygen atoms in total. The van der Waals surface area contributed by atoms with Gasteiger partial charge in [-0.2, -0.15) is 0 Å². The van der Waals surface area contributed by atoms with Crippen molar-refractivity contribution in [2.75, 3.05) is 20.1 Å². The van der Waals surface area contributed by atoms with Gasteiger partial charge >= 0.3 is 0 Å². The number of nitrogens with one attached hydrogen (secondary N) is 1. The second-order valence-electron chi connectivity index (χ2n) is 4.83. The van der Waals surface area contributed by atoms with E-state index in [0.717, 1.165) is 38.0 Å². The van der Waals surface area contributed by atoms with Gasteiger partial charge in [-0.05, 0) is 31.5 Å². The molecular weight excluding hydrogens is 226 g/mol. The molecule has 98 valence electrons. The van der Waals surface area contributed by atoms with Crippen molar-refractivity contribution in [3.63, 3.8) is 0 Å². The Morgan fingerprint density at radius 2 is 2.39 bits per heavy atom. The van der Waals surface area contributed by atoms with Crippen LogP contribution in [0.4, 0.5) is 0 Å². The van der Waals surface area contributed by atoms with Crippen LogP contribution in [0.2, 0.25) is 0 Å². The fourth-order valence-electron chi connectivity index (χ4n) is 2.27. The summed E-state index contributed by atoms with van der Waals surface area (Å²) in [6, 6.07) is 5.90. The first-order valence-corrected chi connectivity index (χ1v) is 6.65. The van der Waals surface area contributed by atoms with E-state index < -0.39 is 0 Å². The molecule has 0 unspecified atom stereocenters. The first-order chi connectivity index (χ1) is 8.77. The van der Waals surface area contributed by atoms with Crippen molar-refractivity contribution in [1.29, 1.82) is 0 Å². The molecule has 18 heavy (non-hydrogen) atoms. The van der Waals surface area contributed by atoms with Crippen LogP contribution in [0.1, 0.15) is 25.0 Å². The fraction of sp³-hybridized carbons (Fsp3) is 0.571. The maximum absolute atomic E-state index is 12.2. The third-order valence-corrected chi connectivity index (χ3v) is 3.41. The van der Waals surface area contributed by atoms with Gasteiger partial charge in [-0.25, -0.2) is 0 Å². The normalized spacial score (nSPS) is 19.5. The minimum absolute atomic E-state index is 0.0208. The van der Waals surface area contributed by atoms with Crippen LogP contribution in [-0.2, 0) is 11.2 Å². The van der Waals surface area contributed by atoms with E-state index in [1.54, 1.807) is 6.20 Å². The van der Waals surface area contributed by atoms with Crippen molar-refractivity contribution in [2.45, 2.75) is 31.7 Å². The number of nitrogens with zero attached hydrogens (tertiary/aromatic N) is 2. The smallest absolute Gasteiger partial charge is 0.239 e. The SMILES string of the molecule is CN(CCc1ccccn1)C(=O)[C@H]1CCCCN1. The Bertz CT molecular complexity index is 374. The molecule has 1 fully saturated rings. The Morgan fingerprint density at radius 1 is 1.50 bits per heavy atom. The number of carbonyl (C=O) groups excluding carboxylic acids is 1. The summed E-state index contributed by atoms with van der Waals surface area (Å²) < 4.78 is 0. The molecule has 1 aromatic rings. The number of hydrogen-bond donors (Lipinski definition) is 1. The van der Waals surface area contributed by atoms with Crippen molar-refractivity contribution in [3.05, 3.63) is 30.1 Å². The van der Waals surface area contributed by atoms with Gasteiger partial charge < -0.3 is 10.2 Å². The molecular formula is C14H21N3O. The van der Waals surface area contributed by atoms with Crippen molar-refractivity contribution in [3.8, 4) is 0 Å². The highest BCUT2D eigenvalue weighted by molar-refractivity contribution is 5.81. The van der Waals surface area contributed by atoms with Crippen LogP contribution in [-0.4, -0.2) is 42.0 Å². The zero-order valence-corrected chi connectivity index (χ0v) is 10.9. The zero-order chi connectivity index (χ0) is 12.8. The number of pyridine rings is 1. The highest BCUT2D eigenvalue weighted by atomic mass is 16.2. The lowest BCUT2D eigenvalue weighted by Gasteiger charge is -2.27. The van der Waals surface area contributed by atoms with Crippen molar-refractivity contribution in [2.24, 2.45) is 0 Å². The van der Waals surface area contributed by atoms with Gasteiger partial charge in [0.05, 0.1) is 6.04 Å². The number of likely N-dealkylation sites (N-methyl/N-ethyl adjacent to an activating group) is 1. The van der Waals surface area contributed by atoms with E-state index in [0.29, 0.717) is 0 Å². The summed E-state index contributed by atoms with van der Waals surface area (Å²) in [5.74, 6) is 0.214. The lowest BCUT2D eigenvalue weighted by Crippen LogP contribution is -2.47. The molecule has 0 aliphatic carbocycles. The number of amides is 1. The maximum Gasteiger partial charge on any atom is 0.239 e. The van der Waals surface area contributed by atoms with E-state index in [1.807, 2.05) is 30.1 Å². The maximum atomic E-state index is 12.2. The van der Waals surface area contributed by atoms with E-state index >= 15 is 0 Å². The minimum atomic E-state index is 0.0208. The van der Waals surface area contributed by atoms with Crippen molar-refractivity contribution in [1.82, 2.24) is 15.2 Å². The van der Waals surface area contributed by atoms with Gasteiger partial charge in [0.2, 0.25) is 5.91 Å². The van der Waals surface area contributed by atoms with Crippen LogP contribution in [0.3, 0.4) is 0 Å². The molecule has 2 rings (SSSR count). The summed E-state index contributed by atoms with van der Waals surface area (Å²) in [5.41, 5.74) is 1.04. The Kier molecular flexibility index (Phi) is 4.70. The average molecular weight is 247 g/mol. The number of hydrogen-bond acceptors (Lipinski definition) is 3. The molecule has 4 heteroatoms. The summed E-state index contributed by atoms with van der Waals surface area (Å²) >= 11 is 0. The summed E-state index contributed by atoms with van der Waals surface area (Å²) in [5, 5.41) is 3.29.